The van der Waals surface area contributed by atoms with Crippen molar-refractivity contribution in [2.24, 2.45) is 0 Å². The summed E-state index contributed by atoms with van der Waals surface area (Å²) in [6.45, 7) is 2.10. The fraction of sp³-hybridized carbons (Fsp3) is 0.600. The highest BCUT2D eigenvalue weighted by molar-refractivity contribution is 9.10. The Bertz CT molecular complexity index is 302. The van der Waals surface area contributed by atoms with Gasteiger partial charge >= 0.3 is 0 Å². The fourth-order valence-electron chi connectivity index (χ4n) is 1.94. The molecule has 1 unspecified atom stereocenters. The molecule has 0 N–H and O–H groups in total. The topological polar surface area (TPSA) is 16.4 Å². The van der Waals surface area contributed by atoms with E-state index in [1.165, 1.54) is 18.4 Å². The number of nitrogens with zero attached hydrogens (tertiary/aromatic N) is 1. The zero-order valence-electron chi connectivity index (χ0n) is 7.88. The average molecular weight is 279 g/mol. The number of hydrogen-bond acceptors (Lipinski definition) is 2. The van der Waals surface area contributed by atoms with E-state index in [9.17, 15) is 0 Å². The monoisotopic (exact) mass is 277 g/mol. The molecule has 0 aliphatic carbocycles. The van der Waals surface area contributed by atoms with E-state index >= 15 is 0 Å². The first kappa shape index (κ1) is 10.5. The molecule has 2 heterocycles. The fourth-order valence-corrected chi connectivity index (χ4v) is 2.68. The van der Waals surface area contributed by atoms with Crippen molar-refractivity contribution in [1.82, 2.24) is 4.90 Å². The van der Waals surface area contributed by atoms with E-state index in [2.05, 4.69) is 20.8 Å². The van der Waals surface area contributed by atoms with Crippen LogP contribution in [0.25, 0.3) is 0 Å². The molecule has 0 spiro atoms. The standard InChI is InChI=1S/C10H13BrClNO/c11-10-4-8(7-14-10)6-13-3-1-2-9(13)5-12/h4,7,9H,1-3,5-6H2. The summed E-state index contributed by atoms with van der Waals surface area (Å²) < 4.78 is 6.00. The third kappa shape index (κ3) is 2.33. The van der Waals surface area contributed by atoms with Gasteiger partial charge in [0.1, 0.15) is 0 Å². The Morgan fingerprint density at radius 2 is 2.50 bits per heavy atom. The van der Waals surface area contributed by atoms with Crippen LogP contribution in [0.4, 0.5) is 0 Å². The molecule has 2 nitrogen and oxygen atoms in total. The molecule has 0 aromatic carbocycles. The number of halogens is 2. The zero-order valence-corrected chi connectivity index (χ0v) is 10.2. The second kappa shape index (κ2) is 4.69. The van der Waals surface area contributed by atoms with Crippen molar-refractivity contribution in [3.63, 3.8) is 0 Å². The van der Waals surface area contributed by atoms with Crippen LogP contribution in [0.15, 0.2) is 21.4 Å². The maximum Gasteiger partial charge on any atom is 0.169 e. The van der Waals surface area contributed by atoms with Crippen LogP contribution in [0, 0.1) is 0 Å². The molecular formula is C10H13BrClNO. The Labute approximate surface area is 97.3 Å². The summed E-state index contributed by atoms with van der Waals surface area (Å²) in [4.78, 5) is 2.42. The van der Waals surface area contributed by atoms with Crippen LogP contribution >= 0.6 is 27.5 Å². The molecule has 1 fully saturated rings. The van der Waals surface area contributed by atoms with Crippen LogP contribution in [0.5, 0.6) is 0 Å². The van der Waals surface area contributed by atoms with E-state index in [4.69, 9.17) is 16.0 Å². The van der Waals surface area contributed by atoms with Crippen LogP contribution < -0.4 is 0 Å². The summed E-state index contributed by atoms with van der Waals surface area (Å²) >= 11 is 9.20. The lowest BCUT2D eigenvalue weighted by molar-refractivity contribution is 0.262. The first-order chi connectivity index (χ1) is 6.79. The van der Waals surface area contributed by atoms with Gasteiger partial charge in [-0.15, -0.1) is 11.6 Å². The maximum absolute atomic E-state index is 5.90. The average Bonchev–Trinajstić information content (AvgIpc) is 2.76. The van der Waals surface area contributed by atoms with Gasteiger partial charge < -0.3 is 4.42 Å². The molecule has 4 heteroatoms. The molecule has 0 saturated carbocycles. The van der Waals surface area contributed by atoms with Gasteiger partial charge in [0.2, 0.25) is 0 Å². The van der Waals surface area contributed by atoms with E-state index in [0.717, 1.165) is 23.6 Å². The normalized spacial score (nSPS) is 23.1. The summed E-state index contributed by atoms with van der Waals surface area (Å²) in [5, 5.41) is 0. The minimum Gasteiger partial charge on any atom is -0.457 e. The smallest absolute Gasteiger partial charge is 0.169 e. The van der Waals surface area contributed by atoms with E-state index in [1.54, 1.807) is 6.26 Å². The van der Waals surface area contributed by atoms with E-state index < -0.39 is 0 Å². The Hall–Kier alpha value is 0.01000. The highest BCUT2D eigenvalue weighted by Gasteiger charge is 2.23. The molecular weight excluding hydrogens is 265 g/mol. The second-order valence-electron chi connectivity index (χ2n) is 3.68. The molecule has 2 rings (SSSR count). The van der Waals surface area contributed by atoms with Gasteiger partial charge in [0, 0.05) is 24.0 Å². The van der Waals surface area contributed by atoms with Crippen molar-refractivity contribution in [3.8, 4) is 0 Å². The largest absolute Gasteiger partial charge is 0.457 e. The molecule has 1 saturated heterocycles. The highest BCUT2D eigenvalue weighted by Crippen LogP contribution is 2.22. The molecule has 0 radical (unpaired) electrons. The Kier molecular flexibility index (Phi) is 3.52. The zero-order chi connectivity index (χ0) is 9.97. The Morgan fingerprint density at radius 3 is 3.14 bits per heavy atom. The Balaban J connectivity index is 1.96. The second-order valence-corrected chi connectivity index (χ2v) is 4.77. The van der Waals surface area contributed by atoms with Gasteiger partial charge in [-0.25, -0.2) is 0 Å². The minimum absolute atomic E-state index is 0.547. The highest BCUT2D eigenvalue weighted by atomic mass is 79.9. The van der Waals surface area contributed by atoms with Crippen molar-refractivity contribution >= 4 is 27.5 Å². The van der Waals surface area contributed by atoms with E-state index in [1.807, 2.05) is 6.07 Å². The summed E-state index contributed by atoms with van der Waals surface area (Å²) in [5.41, 5.74) is 1.22. The lowest BCUT2D eigenvalue weighted by atomic mass is 10.2. The predicted molar refractivity (Wildman–Crippen MR) is 60.6 cm³/mol. The molecule has 1 aliphatic rings. The molecule has 0 bridgehead atoms. The Morgan fingerprint density at radius 1 is 1.64 bits per heavy atom. The van der Waals surface area contributed by atoms with Gasteiger partial charge in [-0.05, 0) is 41.4 Å². The quantitative estimate of drug-likeness (QED) is 0.789. The summed E-state index contributed by atoms with van der Waals surface area (Å²) in [5.74, 6) is 0.735. The summed E-state index contributed by atoms with van der Waals surface area (Å²) in [7, 11) is 0. The van der Waals surface area contributed by atoms with Crippen LogP contribution in [-0.4, -0.2) is 23.4 Å². The van der Waals surface area contributed by atoms with Crippen LogP contribution in [-0.2, 0) is 6.54 Å². The lowest BCUT2D eigenvalue weighted by Crippen LogP contribution is -2.29. The van der Waals surface area contributed by atoms with Gasteiger partial charge in [0.05, 0.1) is 6.26 Å². The van der Waals surface area contributed by atoms with Crippen molar-refractivity contribution in [1.29, 1.82) is 0 Å². The van der Waals surface area contributed by atoms with Gasteiger partial charge in [0.15, 0.2) is 4.67 Å². The third-order valence-corrected chi connectivity index (χ3v) is 3.46. The van der Waals surface area contributed by atoms with Crippen molar-refractivity contribution < 1.29 is 4.42 Å². The van der Waals surface area contributed by atoms with Crippen molar-refractivity contribution in [2.75, 3.05) is 12.4 Å². The first-order valence-electron chi connectivity index (χ1n) is 4.82. The van der Waals surface area contributed by atoms with Crippen LogP contribution in [0.1, 0.15) is 18.4 Å². The minimum atomic E-state index is 0.547. The van der Waals surface area contributed by atoms with Gasteiger partial charge in [-0.2, -0.15) is 0 Å². The van der Waals surface area contributed by atoms with E-state index in [-0.39, 0.29) is 0 Å². The maximum atomic E-state index is 5.90. The molecule has 1 aliphatic heterocycles. The van der Waals surface area contributed by atoms with Crippen LogP contribution in [0.3, 0.4) is 0 Å². The molecule has 1 atom stereocenters. The molecule has 78 valence electrons. The molecule has 1 aromatic rings. The van der Waals surface area contributed by atoms with Crippen molar-refractivity contribution in [3.05, 3.63) is 22.6 Å². The first-order valence-corrected chi connectivity index (χ1v) is 6.15. The number of rotatable bonds is 3. The van der Waals surface area contributed by atoms with E-state index in [0.29, 0.717) is 6.04 Å². The number of hydrogen-bond donors (Lipinski definition) is 0. The third-order valence-electron chi connectivity index (χ3n) is 2.68. The van der Waals surface area contributed by atoms with Crippen LogP contribution in [0.2, 0.25) is 0 Å². The van der Waals surface area contributed by atoms with Crippen molar-refractivity contribution in [2.45, 2.75) is 25.4 Å². The number of likely N-dealkylation sites (tertiary alicyclic amines) is 1. The lowest BCUT2D eigenvalue weighted by Gasteiger charge is -2.21. The summed E-state index contributed by atoms with van der Waals surface area (Å²) in [6.07, 6.45) is 4.28. The van der Waals surface area contributed by atoms with Gasteiger partial charge in [-0.1, -0.05) is 0 Å². The predicted octanol–water partition coefficient (Wildman–Crippen LogP) is 3.25. The molecule has 0 amide bonds. The summed E-state index contributed by atoms with van der Waals surface area (Å²) in [6, 6.07) is 2.56. The molecule has 14 heavy (non-hydrogen) atoms. The number of furan rings is 1. The SMILES string of the molecule is ClCC1CCCN1Cc1coc(Br)c1. The van der Waals surface area contributed by atoms with Gasteiger partial charge in [-0.3, -0.25) is 4.90 Å². The number of alkyl halides is 1. The van der Waals surface area contributed by atoms with Gasteiger partial charge in [0.25, 0.3) is 0 Å². The molecule has 1 aromatic heterocycles.